The van der Waals surface area contributed by atoms with E-state index >= 15 is 0 Å². The summed E-state index contributed by atoms with van der Waals surface area (Å²) in [6.07, 6.45) is 8.79. The molecule has 1 aromatic heterocycles. The fourth-order valence-electron chi connectivity index (χ4n) is 3.16. The average molecular weight is 273 g/mol. The van der Waals surface area contributed by atoms with Crippen molar-refractivity contribution in [2.75, 3.05) is 18.0 Å². The summed E-state index contributed by atoms with van der Waals surface area (Å²) in [6.45, 7) is 7.82. The lowest BCUT2D eigenvalue weighted by molar-refractivity contribution is 0.404. The first-order valence-electron chi connectivity index (χ1n) is 8.20. The fourth-order valence-corrected chi connectivity index (χ4v) is 3.16. The van der Waals surface area contributed by atoms with Gasteiger partial charge in [-0.15, -0.1) is 0 Å². The summed E-state index contributed by atoms with van der Waals surface area (Å²) in [7, 11) is 0. The molecule has 1 atom stereocenters. The van der Waals surface area contributed by atoms with Crippen LogP contribution in [0.2, 0.25) is 0 Å². The van der Waals surface area contributed by atoms with Crippen LogP contribution in [0.5, 0.6) is 0 Å². The fraction of sp³-hybridized carbons (Fsp3) is 0.706. The highest BCUT2D eigenvalue weighted by Gasteiger charge is 2.23. The number of rotatable bonds is 5. The summed E-state index contributed by atoms with van der Waals surface area (Å²) in [5.74, 6) is 0.862. The van der Waals surface area contributed by atoms with E-state index in [1.54, 1.807) is 0 Å². The molecular formula is C17H27N3. The minimum atomic E-state index is 0.758. The molecule has 3 nitrogen and oxygen atoms in total. The van der Waals surface area contributed by atoms with Crippen LogP contribution in [0, 0.1) is 12.8 Å². The molecule has 1 unspecified atom stereocenters. The first-order valence-corrected chi connectivity index (χ1v) is 8.20. The molecule has 1 saturated heterocycles. The second-order valence-corrected chi connectivity index (χ2v) is 6.47. The molecule has 20 heavy (non-hydrogen) atoms. The summed E-state index contributed by atoms with van der Waals surface area (Å²) < 4.78 is 0. The molecule has 3 rings (SSSR count). The zero-order valence-corrected chi connectivity index (χ0v) is 12.9. The standard InChI is InChI=1S/C17H27N3/c1-3-14-5-4-8-20(12-14)17-9-13(2)18-10-15(17)11-19-16-6-7-16/h9-10,14,16,19H,3-8,11-12H2,1-2H3. The number of pyridine rings is 1. The molecule has 0 radical (unpaired) electrons. The predicted octanol–water partition coefficient (Wildman–Crippen LogP) is 3.27. The summed E-state index contributed by atoms with van der Waals surface area (Å²) in [6, 6.07) is 3.04. The van der Waals surface area contributed by atoms with Crippen molar-refractivity contribution in [3.8, 4) is 0 Å². The number of aryl methyl sites for hydroxylation is 1. The van der Waals surface area contributed by atoms with Gasteiger partial charge in [-0.3, -0.25) is 4.98 Å². The molecule has 1 aliphatic carbocycles. The molecule has 2 heterocycles. The highest BCUT2D eigenvalue weighted by atomic mass is 15.1. The monoisotopic (exact) mass is 273 g/mol. The maximum absolute atomic E-state index is 4.51. The van der Waals surface area contributed by atoms with Crippen LogP contribution in [-0.2, 0) is 6.54 Å². The van der Waals surface area contributed by atoms with Crippen molar-refractivity contribution in [2.24, 2.45) is 5.92 Å². The third-order valence-corrected chi connectivity index (χ3v) is 4.69. The highest BCUT2D eigenvalue weighted by Crippen LogP contribution is 2.28. The first-order chi connectivity index (χ1) is 9.76. The molecule has 0 amide bonds. The minimum Gasteiger partial charge on any atom is -0.371 e. The largest absolute Gasteiger partial charge is 0.371 e. The normalized spacial score (nSPS) is 23.1. The van der Waals surface area contributed by atoms with E-state index in [4.69, 9.17) is 0 Å². The molecule has 0 spiro atoms. The van der Waals surface area contributed by atoms with Gasteiger partial charge in [-0.2, -0.15) is 0 Å². The second kappa shape index (κ2) is 6.13. The summed E-state index contributed by atoms with van der Waals surface area (Å²) in [5.41, 5.74) is 3.93. The van der Waals surface area contributed by atoms with E-state index in [-0.39, 0.29) is 0 Å². The highest BCUT2D eigenvalue weighted by molar-refractivity contribution is 5.54. The Kier molecular flexibility index (Phi) is 4.25. The van der Waals surface area contributed by atoms with Gasteiger partial charge in [0.2, 0.25) is 0 Å². The van der Waals surface area contributed by atoms with Gasteiger partial charge in [0, 0.05) is 48.8 Å². The number of nitrogens with one attached hydrogen (secondary N) is 1. The summed E-state index contributed by atoms with van der Waals surface area (Å²) in [5, 5.41) is 3.63. The SMILES string of the molecule is CCC1CCCN(c2cc(C)ncc2CNC2CC2)C1. The van der Waals surface area contributed by atoms with Crippen molar-refractivity contribution in [1.29, 1.82) is 0 Å². The van der Waals surface area contributed by atoms with E-state index in [0.717, 1.165) is 24.2 Å². The summed E-state index contributed by atoms with van der Waals surface area (Å²) in [4.78, 5) is 7.10. The van der Waals surface area contributed by atoms with Crippen LogP contribution in [0.4, 0.5) is 5.69 Å². The first kappa shape index (κ1) is 13.9. The van der Waals surface area contributed by atoms with Crippen molar-refractivity contribution in [1.82, 2.24) is 10.3 Å². The number of piperidine rings is 1. The lowest BCUT2D eigenvalue weighted by Gasteiger charge is -2.35. The van der Waals surface area contributed by atoms with Gasteiger partial charge in [0.15, 0.2) is 0 Å². The topological polar surface area (TPSA) is 28.2 Å². The average Bonchev–Trinajstić information content (AvgIpc) is 3.30. The number of nitrogens with zero attached hydrogens (tertiary/aromatic N) is 2. The maximum Gasteiger partial charge on any atom is 0.0445 e. The number of hydrogen-bond acceptors (Lipinski definition) is 3. The molecular weight excluding hydrogens is 246 g/mol. The van der Waals surface area contributed by atoms with Crippen molar-refractivity contribution in [3.63, 3.8) is 0 Å². The van der Waals surface area contributed by atoms with Gasteiger partial charge in [-0.05, 0) is 44.6 Å². The van der Waals surface area contributed by atoms with Crippen LogP contribution in [0.1, 0.15) is 50.3 Å². The van der Waals surface area contributed by atoms with Crippen molar-refractivity contribution < 1.29 is 0 Å². The van der Waals surface area contributed by atoms with Gasteiger partial charge in [0.05, 0.1) is 0 Å². The van der Waals surface area contributed by atoms with Crippen molar-refractivity contribution in [3.05, 3.63) is 23.5 Å². The summed E-state index contributed by atoms with van der Waals surface area (Å²) >= 11 is 0. The van der Waals surface area contributed by atoms with E-state index in [1.807, 2.05) is 0 Å². The van der Waals surface area contributed by atoms with Crippen LogP contribution in [0.3, 0.4) is 0 Å². The van der Waals surface area contributed by atoms with Gasteiger partial charge < -0.3 is 10.2 Å². The molecule has 1 aliphatic heterocycles. The number of aromatic nitrogens is 1. The Morgan fingerprint density at radius 1 is 1.35 bits per heavy atom. The van der Waals surface area contributed by atoms with Gasteiger partial charge >= 0.3 is 0 Å². The lowest BCUT2D eigenvalue weighted by Crippen LogP contribution is -2.36. The Hall–Kier alpha value is -1.09. The number of hydrogen-bond donors (Lipinski definition) is 1. The predicted molar refractivity (Wildman–Crippen MR) is 84.1 cm³/mol. The Morgan fingerprint density at radius 3 is 2.95 bits per heavy atom. The molecule has 1 aromatic rings. The van der Waals surface area contributed by atoms with Gasteiger partial charge in [-0.25, -0.2) is 0 Å². The van der Waals surface area contributed by atoms with Gasteiger partial charge in [-0.1, -0.05) is 13.3 Å². The van der Waals surface area contributed by atoms with Crippen LogP contribution < -0.4 is 10.2 Å². The lowest BCUT2D eigenvalue weighted by atomic mass is 9.95. The van der Waals surface area contributed by atoms with Crippen LogP contribution in [0.25, 0.3) is 0 Å². The quantitative estimate of drug-likeness (QED) is 0.892. The molecule has 2 fully saturated rings. The molecule has 0 bridgehead atoms. The van der Waals surface area contributed by atoms with Crippen LogP contribution in [-0.4, -0.2) is 24.1 Å². The van der Waals surface area contributed by atoms with E-state index in [0.29, 0.717) is 0 Å². The molecule has 2 aliphatic rings. The van der Waals surface area contributed by atoms with E-state index in [1.165, 1.54) is 56.4 Å². The third kappa shape index (κ3) is 3.32. The van der Waals surface area contributed by atoms with E-state index < -0.39 is 0 Å². The zero-order valence-electron chi connectivity index (χ0n) is 12.9. The second-order valence-electron chi connectivity index (χ2n) is 6.47. The van der Waals surface area contributed by atoms with E-state index in [2.05, 4.69) is 41.3 Å². The molecule has 1 saturated carbocycles. The van der Waals surface area contributed by atoms with Crippen molar-refractivity contribution >= 4 is 5.69 Å². The van der Waals surface area contributed by atoms with E-state index in [9.17, 15) is 0 Å². The minimum absolute atomic E-state index is 0.758. The molecule has 3 heteroatoms. The smallest absolute Gasteiger partial charge is 0.0445 e. The Labute approximate surface area is 122 Å². The number of anilines is 1. The van der Waals surface area contributed by atoms with Gasteiger partial charge in [0.1, 0.15) is 0 Å². The Morgan fingerprint density at radius 2 is 2.20 bits per heavy atom. The van der Waals surface area contributed by atoms with Crippen LogP contribution >= 0.6 is 0 Å². The van der Waals surface area contributed by atoms with Crippen LogP contribution in [0.15, 0.2) is 12.3 Å². The zero-order chi connectivity index (χ0) is 13.9. The Bertz CT molecular complexity index is 454. The third-order valence-electron chi connectivity index (χ3n) is 4.69. The maximum atomic E-state index is 4.51. The Balaban J connectivity index is 1.76. The molecule has 110 valence electrons. The van der Waals surface area contributed by atoms with Gasteiger partial charge in [0.25, 0.3) is 0 Å². The molecule has 1 N–H and O–H groups in total. The molecule has 0 aromatic carbocycles. The van der Waals surface area contributed by atoms with Crippen molar-refractivity contribution in [2.45, 2.75) is 58.5 Å².